The molecule has 1 aliphatic rings. The molecule has 0 amide bonds. The largest absolute Gasteiger partial charge is 0.311 e. The Morgan fingerprint density at radius 1 is 0.333 bits per heavy atom. The highest BCUT2D eigenvalue weighted by atomic mass is 15.1. The number of anilines is 3. The average Bonchev–Trinajstić information content (AvgIpc) is 3.39. The maximum Gasteiger partial charge on any atom is 0.0462 e. The Morgan fingerprint density at radius 2 is 0.771 bits per heavy atom. The molecular formula is C47H35N. The van der Waals surface area contributed by atoms with Crippen LogP contribution in [0.15, 0.2) is 176 Å². The third-order valence-corrected chi connectivity index (χ3v) is 10.2. The minimum absolute atomic E-state index is 0.0357. The number of nitrogens with zero attached hydrogens (tertiary/aromatic N) is 1. The lowest BCUT2D eigenvalue weighted by molar-refractivity contribution is 0.663. The third-order valence-electron chi connectivity index (χ3n) is 10.2. The van der Waals surface area contributed by atoms with Crippen LogP contribution in [-0.4, -0.2) is 0 Å². The van der Waals surface area contributed by atoms with Gasteiger partial charge in [0.1, 0.15) is 0 Å². The van der Waals surface area contributed by atoms with E-state index in [9.17, 15) is 0 Å². The molecular weight excluding hydrogens is 579 g/mol. The average molecular weight is 614 g/mol. The molecule has 0 atom stereocenters. The molecule has 0 aromatic heterocycles. The second kappa shape index (κ2) is 11.1. The van der Waals surface area contributed by atoms with Crippen molar-refractivity contribution in [2.24, 2.45) is 0 Å². The van der Waals surface area contributed by atoms with Gasteiger partial charge in [-0.05, 0) is 115 Å². The monoisotopic (exact) mass is 613 g/mol. The zero-order chi connectivity index (χ0) is 32.2. The van der Waals surface area contributed by atoms with E-state index in [1.807, 2.05) is 0 Å². The number of rotatable bonds is 6. The van der Waals surface area contributed by atoms with Gasteiger partial charge in [0.2, 0.25) is 0 Å². The summed E-state index contributed by atoms with van der Waals surface area (Å²) in [5.74, 6) is 0. The third kappa shape index (κ3) is 4.62. The van der Waals surface area contributed by atoms with Crippen molar-refractivity contribution >= 4 is 38.6 Å². The molecule has 48 heavy (non-hydrogen) atoms. The first-order chi connectivity index (χ1) is 23.5. The summed E-state index contributed by atoms with van der Waals surface area (Å²) in [6, 6.07) is 64.2. The molecule has 0 bridgehead atoms. The highest BCUT2D eigenvalue weighted by Crippen LogP contribution is 2.50. The van der Waals surface area contributed by atoms with E-state index >= 15 is 0 Å². The zero-order valence-corrected chi connectivity index (χ0v) is 27.2. The number of benzene rings is 8. The first-order valence-electron chi connectivity index (χ1n) is 16.8. The molecule has 228 valence electrons. The summed E-state index contributed by atoms with van der Waals surface area (Å²) < 4.78 is 0. The van der Waals surface area contributed by atoms with Crippen LogP contribution in [0, 0.1) is 0 Å². The quantitative estimate of drug-likeness (QED) is 0.169. The Morgan fingerprint density at radius 3 is 1.29 bits per heavy atom. The first-order valence-corrected chi connectivity index (χ1v) is 16.8. The maximum atomic E-state index is 2.43. The standard InChI is InChI=1S/C47H35N/c1-47(2)43-15-9-14-37-16-17-38-30-39(31-44(47)46(38)45(37)43)36-22-28-42(29-23-36)48(40-24-18-34(19-25-40)32-10-5-3-6-11-32)41-26-20-35(21-27-41)33-12-7-4-8-13-33/h3-31H,1-2H3. The molecule has 0 aliphatic heterocycles. The van der Waals surface area contributed by atoms with Crippen molar-refractivity contribution in [3.63, 3.8) is 0 Å². The van der Waals surface area contributed by atoms with Crippen LogP contribution in [0.1, 0.15) is 25.0 Å². The summed E-state index contributed by atoms with van der Waals surface area (Å²) in [6.45, 7) is 4.74. The fraction of sp³-hybridized carbons (Fsp3) is 0.0638. The van der Waals surface area contributed by atoms with E-state index in [4.69, 9.17) is 0 Å². The van der Waals surface area contributed by atoms with Crippen LogP contribution in [-0.2, 0) is 5.41 Å². The molecule has 0 saturated carbocycles. The Kier molecular flexibility index (Phi) is 6.55. The summed E-state index contributed by atoms with van der Waals surface area (Å²) in [5.41, 5.74) is 13.5. The number of hydrogen-bond donors (Lipinski definition) is 0. The van der Waals surface area contributed by atoms with E-state index in [0.717, 1.165) is 17.1 Å². The normalized spacial score (nSPS) is 13.0. The van der Waals surface area contributed by atoms with Gasteiger partial charge in [0, 0.05) is 22.5 Å². The first kappa shape index (κ1) is 28.3. The van der Waals surface area contributed by atoms with Gasteiger partial charge in [-0.3, -0.25) is 0 Å². The molecule has 0 radical (unpaired) electrons. The second-order valence-electron chi connectivity index (χ2n) is 13.4. The summed E-state index contributed by atoms with van der Waals surface area (Å²) >= 11 is 0. The molecule has 0 saturated heterocycles. The molecule has 0 fully saturated rings. The molecule has 0 unspecified atom stereocenters. The van der Waals surface area contributed by atoms with Crippen molar-refractivity contribution < 1.29 is 0 Å². The van der Waals surface area contributed by atoms with Gasteiger partial charge in [0.25, 0.3) is 0 Å². The van der Waals surface area contributed by atoms with Crippen molar-refractivity contribution in [2.45, 2.75) is 19.3 Å². The second-order valence-corrected chi connectivity index (χ2v) is 13.4. The minimum Gasteiger partial charge on any atom is -0.311 e. The molecule has 9 rings (SSSR count). The summed E-state index contributed by atoms with van der Waals surface area (Å²) in [7, 11) is 0. The van der Waals surface area contributed by atoms with Crippen LogP contribution in [0.5, 0.6) is 0 Å². The van der Waals surface area contributed by atoms with E-state index in [-0.39, 0.29) is 5.41 Å². The van der Waals surface area contributed by atoms with E-state index in [1.54, 1.807) is 0 Å². The van der Waals surface area contributed by atoms with Gasteiger partial charge in [0.15, 0.2) is 0 Å². The smallest absolute Gasteiger partial charge is 0.0462 e. The molecule has 1 aliphatic carbocycles. The fourth-order valence-corrected chi connectivity index (χ4v) is 7.69. The van der Waals surface area contributed by atoms with Gasteiger partial charge in [-0.15, -0.1) is 0 Å². The highest BCUT2D eigenvalue weighted by molar-refractivity contribution is 6.15. The predicted octanol–water partition coefficient (Wildman–Crippen LogP) is 13.1. The van der Waals surface area contributed by atoms with Crippen molar-refractivity contribution in [3.05, 3.63) is 187 Å². The lowest BCUT2D eigenvalue weighted by Gasteiger charge is -2.26. The van der Waals surface area contributed by atoms with Crippen molar-refractivity contribution in [1.29, 1.82) is 0 Å². The van der Waals surface area contributed by atoms with Crippen LogP contribution >= 0.6 is 0 Å². The zero-order valence-electron chi connectivity index (χ0n) is 27.2. The van der Waals surface area contributed by atoms with Gasteiger partial charge in [-0.1, -0.05) is 141 Å². The van der Waals surface area contributed by atoms with E-state index < -0.39 is 0 Å². The molecule has 0 spiro atoms. The van der Waals surface area contributed by atoms with Crippen molar-refractivity contribution in [3.8, 4) is 33.4 Å². The summed E-state index contributed by atoms with van der Waals surface area (Å²) in [6.07, 6.45) is 0. The maximum absolute atomic E-state index is 2.43. The van der Waals surface area contributed by atoms with Crippen LogP contribution in [0.4, 0.5) is 17.1 Å². The molecule has 1 nitrogen and oxygen atoms in total. The van der Waals surface area contributed by atoms with Crippen molar-refractivity contribution in [1.82, 2.24) is 0 Å². The Bertz CT molecular complexity index is 2340. The van der Waals surface area contributed by atoms with Crippen LogP contribution in [0.3, 0.4) is 0 Å². The van der Waals surface area contributed by atoms with Crippen LogP contribution in [0.2, 0.25) is 0 Å². The highest BCUT2D eigenvalue weighted by Gasteiger charge is 2.34. The predicted molar refractivity (Wildman–Crippen MR) is 205 cm³/mol. The molecule has 0 heterocycles. The van der Waals surface area contributed by atoms with E-state index in [0.29, 0.717) is 0 Å². The SMILES string of the molecule is CC1(C)c2cccc3ccc4cc(-c5ccc(N(c6ccc(-c7ccccc7)cc6)c6ccc(-c7ccccc7)cc6)cc5)cc1c4c23. The van der Waals surface area contributed by atoms with Gasteiger partial charge >= 0.3 is 0 Å². The number of hydrogen-bond acceptors (Lipinski definition) is 1. The Balaban J connectivity index is 1.11. The van der Waals surface area contributed by atoms with Crippen LogP contribution in [0.25, 0.3) is 54.9 Å². The van der Waals surface area contributed by atoms with Gasteiger partial charge in [0.05, 0.1) is 0 Å². The lowest BCUT2D eigenvalue weighted by Crippen LogP contribution is -2.15. The summed E-state index contributed by atoms with van der Waals surface area (Å²) in [5, 5.41) is 5.48. The van der Waals surface area contributed by atoms with Gasteiger partial charge < -0.3 is 4.90 Å². The lowest BCUT2D eigenvalue weighted by atomic mass is 9.81. The van der Waals surface area contributed by atoms with E-state index in [1.165, 1.54) is 66.1 Å². The Hall–Kier alpha value is -5.92. The molecule has 8 aromatic rings. The van der Waals surface area contributed by atoms with Gasteiger partial charge in [-0.2, -0.15) is 0 Å². The van der Waals surface area contributed by atoms with Gasteiger partial charge in [-0.25, -0.2) is 0 Å². The fourth-order valence-electron chi connectivity index (χ4n) is 7.69. The van der Waals surface area contributed by atoms with E-state index in [2.05, 4.69) is 195 Å². The molecule has 8 aromatic carbocycles. The molecule has 0 N–H and O–H groups in total. The summed E-state index contributed by atoms with van der Waals surface area (Å²) in [4.78, 5) is 2.35. The molecule has 1 heteroatoms. The van der Waals surface area contributed by atoms with Crippen LogP contribution < -0.4 is 4.90 Å². The Labute approximate surface area is 282 Å². The minimum atomic E-state index is -0.0357. The van der Waals surface area contributed by atoms with Crippen molar-refractivity contribution in [2.75, 3.05) is 4.90 Å². The topological polar surface area (TPSA) is 3.24 Å².